The summed E-state index contributed by atoms with van der Waals surface area (Å²) >= 11 is 3.62. The number of likely N-dealkylation sites (tertiary alicyclic amines) is 1. The molecule has 1 saturated heterocycles. The Labute approximate surface area is 129 Å². The van der Waals surface area contributed by atoms with Gasteiger partial charge in [0.15, 0.2) is 0 Å². The van der Waals surface area contributed by atoms with Gasteiger partial charge in [-0.05, 0) is 49.0 Å². The standard InChI is InChI=1S/C16H23BrN2O/c1-11-2-4-19(10-14(11)8-18)9-13-7-15(17)6-12-3-5-20-16(12)13/h6-7,11,14H,2-5,8-10,18H2,1H3. The van der Waals surface area contributed by atoms with Crippen molar-refractivity contribution in [1.29, 1.82) is 0 Å². The summed E-state index contributed by atoms with van der Waals surface area (Å²) in [5.41, 5.74) is 8.56. The maximum absolute atomic E-state index is 5.90. The number of nitrogens with two attached hydrogens (primary N) is 1. The number of ether oxygens (including phenoxy) is 1. The number of hydrogen-bond acceptors (Lipinski definition) is 3. The Kier molecular flexibility index (Phi) is 4.34. The third kappa shape index (κ3) is 2.87. The van der Waals surface area contributed by atoms with Crippen molar-refractivity contribution in [2.45, 2.75) is 26.3 Å². The average molecular weight is 339 g/mol. The molecule has 0 aliphatic carbocycles. The average Bonchev–Trinajstić information content (AvgIpc) is 2.89. The number of fused-ring (bicyclic) bond motifs is 1. The molecule has 0 saturated carbocycles. The van der Waals surface area contributed by atoms with Gasteiger partial charge in [-0.3, -0.25) is 4.90 Å². The summed E-state index contributed by atoms with van der Waals surface area (Å²) in [5.74, 6) is 2.50. The second-order valence-electron chi connectivity index (χ2n) is 6.15. The van der Waals surface area contributed by atoms with Crippen molar-refractivity contribution in [3.63, 3.8) is 0 Å². The molecule has 3 rings (SSSR count). The van der Waals surface area contributed by atoms with Crippen molar-refractivity contribution in [3.8, 4) is 5.75 Å². The summed E-state index contributed by atoms with van der Waals surface area (Å²) in [6, 6.07) is 4.40. The first kappa shape index (κ1) is 14.4. The molecular formula is C16H23BrN2O. The highest BCUT2D eigenvalue weighted by Crippen LogP contribution is 2.34. The monoisotopic (exact) mass is 338 g/mol. The summed E-state index contributed by atoms with van der Waals surface area (Å²) in [4.78, 5) is 2.53. The van der Waals surface area contributed by atoms with Crippen LogP contribution in [0.2, 0.25) is 0 Å². The highest BCUT2D eigenvalue weighted by molar-refractivity contribution is 9.10. The molecule has 2 unspecified atom stereocenters. The third-order valence-electron chi connectivity index (χ3n) is 4.72. The van der Waals surface area contributed by atoms with Crippen molar-refractivity contribution in [2.24, 2.45) is 17.6 Å². The van der Waals surface area contributed by atoms with E-state index in [-0.39, 0.29) is 0 Å². The highest BCUT2D eigenvalue weighted by atomic mass is 79.9. The van der Waals surface area contributed by atoms with E-state index in [1.165, 1.54) is 24.1 Å². The largest absolute Gasteiger partial charge is 0.493 e. The predicted octanol–water partition coefficient (Wildman–Crippen LogP) is 2.80. The zero-order chi connectivity index (χ0) is 14.1. The van der Waals surface area contributed by atoms with Gasteiger partial charge in [0, 0.05) is 29.5 Å². The van der Waals surface area contributed by atoms with E-state index in [9.17, 15) is 0 Å². The number of halogens is 1. The molecule has 1 aromatic carbocycles. The van der Waals surface area contributed by atoms with Gasteiger partial charge in [0.2, 0.25) is 0 Å². The SMILES string of the molecule is CC1CCN(Cc2cc(Br)cc3c2OCC3)CC1CN. The molecule has 0 bridgehead atoms. The molecule has 0 spiro atoms. The van der Waals surface area contributed by atoms with Gasteiger partial charge in [0.05, 0.1) is 6.61 Å². The fourth-order valence-corrected chi connectivity index (χ4v) is 3.93. The molecule has 4 heteroatoms. The Hall–Kier alpha value is -0.580. The van der Waals surface area contributed by atoms with E-state index in [1.807, 2.05) is 0 Å². The second-order valence-corrected chi connectivity index (χ2v) is 7.06. The molecule has 2 N–H and O–H groups in total. The summed E-state index contributed by atoms with van der Waals surface area (Å²) in [5, 5.41) is 0. The van der Waals surface area contributed by atoms with Gasteiger partial charge in [-0.2, -0.15) is 0 Å². The van der Waals surface area contributed by atoms with Crippen LogP contribution in [0, 0.1) is 11.8 Å². The maximum atomic E-state index is 5.90. The van der Waals surface area contributed by atoms with Crippen LogP contribution in [0.5, 0.6) is 5.75 Å². The molecule has 3 nitrogen and oxygen atoms in total. The van der Waals surface area contributed by atoms with E-state index in [4.69, 9.17) is 10.5 Å². The molecule has 0 radical (unpaired) electrons. The maximum Gasteiger partial charge on any atom is 0.127 e. The summed E-state index contributed by atoms with van der Waals surface area (Å²) in [7, 11) is 0. The first-order valence-corrected chi connectivity index (χ1v) is 8.33. The Morgan fingerprint density at radius 1 is 1.45 bits per heavy atom. The van der Waals surface area contributed by atoms with Gasteiger partial charge in [-0.1, -0.05) is 22.9 Å². The van der Waals surface area contributed by atoms with Crippen LogP contribution in [0.25, 0.3) is 0 Å². The van der Waals surface area contributed by atoms with Gasteiger partial charge in [-0.25, -0.2) is 0 Å². The quantitative estimate of drug-likeness (QED) is 0.920. The van der Waals surface area contributed by atoms with Crippen LogP contribution in [-0.2, 0) is 13.0 Å². The highest BCUT2D eigenvalue weighted by Gasteiger charge is 2.26. The van der Waals surface area contributed by atoms with E-state index < -0.39 is 0 Å². The first-order chi connectivity index (χ1) is 9.67. The van der Waals surface area contributed by atoms with Crippen LogP contribution in [0.1, 0.15) is 24.5 Å². The van der Waals surface area contributed by atoms with Gasteiger partial charge in [0.1, 0.15) is 5.75 Å². The number of benzene rings is 1. The molecular weight excluding hydrogens is 316 g/mol. The smallest absolute Gasteiger partial charge is 0.127 e. The van der Waals surface area contributed by atoms with Crippen molar-refractivity contribution >= 4 is 15.9 Å². The van der Waals surface area contributed by atoms with Crippen molar-refractivity contribution in [3.05, 3.63) is 27.7 Å². The molecule has 20 heavy (non-hydrogen) atoms. The molecule has 2 aliphatic heterocycles. The van der Waals surface area contributed by atoms with E-state index in [0.717, 1.165) is 48.8 Å². The zero-order valence-electron chi connectivity index (χ0n) is 12.1. The lowest BCUT2D eigenvalue weighted by Gasteiger charge is -2.36. The Morgan fingerprint density at radius 2 is 2.30 bits per heavy atom. The van der Waals surface area contributed by atoms with E-state index in [0.29, 0.717) is 5.92 Å². The number of piperidine rings is 1. The number of hydrogen-bond donors (Lipinski definition) is 1. The van der Waals surface area contributed by atoms with Crippen LogP contribution >= 0.6 is 15.9 Å². The van der Waals surface area contributed by atoms with Gasteiger partial charge in [-0.15, -0.1) is 0 Å². The topological polar surface area (TPSA) is 38.5 Å². The molecule has 0 aromatic heterocycles. The van der Waals surface area contributed by atoms with E-state index in [1.54, 1.807) is 0 Å². The Bertz CT molecular complexity index is 492. The van der Waals surface area contributed by atoms with Crippen LogP contribution in [0.15, 0.2) is 16.6 Å². The second kappa shape index (κ2) is 6.04. The molecule has 0 amide bonds. The van der Waals surface area contributed by atoms with Crippen LogP contribution in [0.3, 0.4) is 0 Å². The minimum atomic E-state index is 0.630. The van der Waals surface area contributed by atoms with Crippen molar-refractivity contribution in [2.75, 3.05) is 26.2 Å². The van der Waals surface area contributed by atoms with Crippen LogP contribution in [-0.4, -0.2) is 31.1 Å². The van der Waals surface area contributed by atoms with Gasteiger partial charge in [0.25, 0.3) is 0 Å². The Morgan fingerprint density at radius 3 is 3.10 bits per heavy atom. The normalized spacial score (nSPS) is 26.4. The van der Waals surface area contributed by atoms with Crippen molar-refractivity contribution in [1.82, 2.24) is 4.90 Å². The van der Waals surface area contributed by atoms with E-state index in [2.05, 4.69) is 39.9 Å². The fraction of sp³-hybridized carbons (Fsp3) is 0.625. The summed E-state index contributed by atoms with van der Waals surface area (Å²) in [6.45, 7) is 7.20. The molecule has 2 atom stereocenters. The number of nitrogens with zero attached hydrogens (tertiary/aromatic N) is 1. The lowest BCUT2D eigenvalue weighted by molar-refractivity contribution is 0.125. The molecule has 1 aromatic rings. The van der Waals surface area contributed by atoms with E-state index >= 15 is 0 Å². The third-order valence-corrected chi connectivity index (χ3v) is 5.18. The lowest BCUT2D eigenvalue weighted by Crippen LogP contribution is -2.42. The predicted molar refractivity (Wildman–Crippen MR) is 84.9 cm³/mol. The van der Waals surface area contributed by atoms with Gasteiger partial charge >= 0.3 is 0 Å². The van der Waals surface area contributed by atoms with Gasteiger partial charge < -0.3 is 10.5 Å². The fourth-order valence-electron chi connectivity index (χ4n) is 3.38. The molecule has 110 valence electrons. The lowest BCUT2D eigenvalue weighted by atomic mass is 9.87. The summed E-state index contributed by atoms with van der Waals surface area (Å²) in [6.07, 6.45) is 2.28. The first-order valence-electron chi connectivity index (χ1n) is 7.54. The minimum Gasteiger partial charge on any atom is -0.493 e. The Balaban J connectivity index is 1.75. The summed E-state index contributed by atoms with van der Waals surface area (Å²) < 4.78 is 6.99. The van der Waals surface area contributed by atoms with Crippen molar-refractivity contribution < 1.29 is 4.74 Å². The molecule has 2 heterocycles. The van der Waals surface area contributed by atoms with Crippen LogP contribution in [0.4, 0.5) is 0 Å². The molecule has 1 fully saturated rings. The minimum absolute atomic E-state index is 0.630. The number of rotatable bonds is 3. The zero-order valence-corrected chi connectivity index (χ0v) is 13.7. The molecule has 2 aliphatic rings. The van der Waals surface area contributed by atoms with Crippen LogP contribution < -0.4 is 10.5 Å².